The molecule has 2 aromatic carbocycles. The van der Waals surface area contributed by atoms with E-state index in [0.717, 1.165) is 5.39 Å². The Hall–Kier alpha value is -2.16. The number of phenolic OH excluding ortho intramolecular Hbond substituents is 2. The van der Waals surface area contributed by atoms with E-state index in [0.29, 0.717) is 10.7 Å². The summed E-state index contributed by atoms with van der Waals surface area (Å²) in [6, 6.07) is 10.6. The zero-order valence-corrected chi connectivity index (χ0v) is 12.3. The number of benzene rings is 2. The summed E-state index contributed by atoms with van der Waals surface area (Å²) < 4.78 is 0. The number of aliphatic hydroxyl groups is 1. The van der Waals surface area contributed by atoms with Crippen LogP contribution < -0.4 is 0 Å². The minimum atomic E-state index is -0.590. The Balaban J connectivity index is 0.000000161. The third kappa shape index (κ3) is 3.69. The van der Waals surface area contributed by atoms with Crippen molar-refractivity contribution < 1.29 is 20.1 Å². The Kier molecular flexibility index (Phi) is 4.73. The average molecular weight is 302 g/mol. The molecular formula is C16H15O4P. The number of fused-ring (bicyclic) bond motifs is 1. The van der Waals surface area contributed by atoms with Gasteiger partial charge in [0.05, 0.1) is 6.10 Å². The molecule has 0 bridgehead atoms. The van der Waals surface area contributed by atoms with Crippen LogP contribution in [-0.4, -0.2) is 27.2 Å². The molecular weight excluding hydrogens is 287 g/mol. The SMILES string of the molecule is O=C1C=CC(O)C(P)=C1.Oc1ccc2ccccc2c1O. The molecule has 0 aliphatic heterocycles. The number of hydrogen-bond donors (Lipinski definition) is 3. The Morgan fingerprint density at radius 1 is 1.05 bits per heavy atom. The number of aromatic hydroxyl groups is 2. The molecule has 21 heavy (non-hydrogen) atoms. The summed E-state index contributed by atoms with van der Waals surface area (Å²) in [4.78, 5) is 10.5. The average Bonchev–Trinajstić information content (AvgIpc) is 2.48. The van der Waals surface area contributed by atoms with Gasteiger partial charge in [-0.3, -0.25) is 4.79 Å². The number of aliphatic hydroxyl groups excluding tert-OH is 1. The molecule has 3 N–H and O–H groups in total. The maximum Gasteiger partial charge on any atom is 0.178 e. The van der Waals surface area contributed by atoms with Crippen molar-refractivity contribution in [2.24, 2.45) is 0 Å². The number of allylic oxidation sites excluding steroid dienone is 2. The molecule has 0 heterocycles. The third-order valence-corrected chi connectivity index (χ3v) is 3.48. The van der Waals surface area contributed by atoms with Crippen molar-refractivity contribution in [3.8, 4) is 11.5 Å². The smallest absolute Gasteiger partial charge is 0.178 e. The highest BCUT2D eigenvalue weighted by Crippen LogP contribution is 2.32. The topological polar surface area (TPSA) is 77.8 Å². The van der Waals surface area contributed by atoms with Gasteiger partial charge in [-0.2, -0.15) is 0 Å². The quantitative estimate of drug-likeness (QED) is 0.516. The molecule has 0 amide bonds. The fourth-order valence-electron chi connectivity index (χ4n) is 1.84. The predicted molar refractivity (Wildman–Crippen MR) is 85.2 cm³/mol. The summed E-state index contributed by atoms with van der Waals surface area (Å²) in [6.45, 7) is 0. The first-order valence-corrected chi connectivity index (χ1v) is 6.83. The van der Waals surface area contributed by atoms with Crippen LogP contribution in [0.15, 0.2) is 59.9 Å². The fraction of sp³-hybridized carbons (Fsp3) is 0.0625. The van der Waals surface area contributed by atoms with Crippen LogP contribution >= 0.6 is 9.24 Å². The van der Waals surface area contributed by atoms with Crippen molar-refractivity contribution in [2.75, 3.05) is 0 Å². The van der Waals surface area contributed by atoms with E-state index < -0.39 is 6.10 Å². The first-order chi connectivity index (χ1) is 9.99. The molecule has 0 aromatic heterocycles. The van der Waals surface area contributed by atoms with Crippen LogP contribution in [0.1, 0.15) is 0 Å². The Morgan fingerprint density at radius 2 is 1.76 bits per heavy atom. The maximum atomic E-state index is 10.5. The monoisotopic (exact) mass is 302 g/mol. The molecule has 3 rings (SSSR count). The highest BCUT2D eigenvalue weighted by atomic mass is 31.0. The molecule has 0 spiro atoms. The van der Waals surface area contributed by atoms with Gasteiger partial charge < -0.3 is 15.3 Å². The highest BCUT2D eigenvalue weighted by Gasteiger charge is 2.08. The summed E-state index contributed by atoms with van der Waals surface area (Å²) in [5.41, 5.74) is 0. The van der Waals surface area contributed by atoms with Crippen LogP contribution in [-0.2, 0) is 4.79 Å². The van der Waals surface area contributed by atoms with E-state index in [4.69, 9.17) is 10.2 Å². The van der Waals surface area contributed by atoms with Crippen LogP contribution in [0.25, 0.3) is 10.8 Å². The predicted octanol–water partition coefficient (Wildman–Crippen LogP) is 2.50. The largest absolute Gasteiger partial charge is 0.504 e. The number of hydrogen-bond acceptors (Lipinski definition) is 4. The van der Waals surface area contributed by atoms with Crippen LogP contribution in [0.5, 0.6) is 11.5 Å². The lowest BCUT2D eigenvalue weighted by molar-refractivity contribution is -0.110. The van der Waals surface area contributed by atoms with Crippen LogP contribution in [0.4, 0.5) is 0 Å². The maximum absolute atomic E-state index is 10.5. The summed E-state index contributed by atoms with van der Waals surface area (Å²) in [7, 11) is 2.31. The standard InChI is InChI=1S/C10H8O2.C6H7O2P/c11-9-6-5-7-3-1-2-4-8(7)10(9)12;7-4-1-2-5(8)6(9)3-4/h1-6,11-12H;1-3,5,8H,9H2. The number of ketones is 1. The van der Waals surface area contributed by atoms with Gasteiger partial charge in [0.25, 0.3) is 0 Å². The van der Waals surface area contributed by atoms with Gasteiger partial charge in [0, 0.05) is 5.39 Å². The van der Waals surface area contributed by atoms with Gasteiger partial charge in [0.15, 0.2) is 17.3 Å². The normalized spacial score (nSPS) is 17.1. The zero-order valence-electron chi connectivity index (χ0n) is 11.1. The van der Waals surface area contributed by atoms with Crippen LogP contribution in [0, 0.1) is 0 Å². The van der Waals surface area contributed by atoms with Crippen molar-refractivity contribution in [3.05, 3.63) is 59.9 Å². The van der Waals surface area contributed by atoms with E-state index in [2.05, 4.69) is 9.24 Å². The molecule has 5 heteroatoms. The van der Waals surface area contributed by atoms with Crippen molar-refractivity contribution in [3.63, 3.8) is 0 Å². The molecule has 1 aliphatic carbocycles. The van der Waals surface area contributed by atoms with Crippen LogP contribution in [0.3, 0.4) is 0 Å². The molecule has 0 fully saturated rings. The molecule has 0 saturated heterocycles. The number of carbonyl (C=O) groups excluding carboxylic acids is 1. The Bertz CT molecular complexity index is 734. The van der Waals surface area contributed by atoms with E-state index in [1.807, 2.05) is 18.2 Å². The summed E-state index contributed by atoms with van der Waals surface area (Å²) in [5, 5.41) is 29.8. The van der Waals surface area contributed by atoms with Gasteiger partial charge in [-0.1, -0.05) is 30.3 Å². The first kappa shape index (κ1) is 15.2. The Morgan fingerprint density at radius 3 is 2.43 bits per heavy atom. The minimum Gasteiger partial charge on any atom is -0.504 e. The van der Waals surface area contributed by atoms with E-state index in [1.54, 1.807) is 12.1 Å². The second kappa shape index (κ2) is 6.53. The first-order valence-electron chi connectivity index (χ1n) is 6.26. The number of phenols is 2. The highest BCUT2D eigenvalue weighted by molar-refractivity contribution is 7.22. The van der Waals surface area contributed by atoms with Gasteiger partial charge in [0.2, 0.25) is 0 Å². The van der Waals surface area contributed by atoms with Gasteiger partial charge in [0.1, 0.15) is 0 Å². The molecule has 2 atom stereocenters. The van der Waals surface area contributed by atoms with Crippen LogP contribution in [0.2, 0.25) is 0 Å². The van der Waals surface area contributed by atoms with Gasteiger partial charge in [-0.05, 0) is 35.0 Å². The second-order valence-corrected chi connectivity index (χ2v) is 5.17. The van der Waals surface area contributed by atoms with Crippen molar-refractivity contribution >= 4 is 25.8 Å². The molecule has 0 saturated carbocycles. The molecule has 4 nitrogen and oxygen atoms in total. The van der Waals surface area contributed by atoms with E-state index >= 15 is 0 Å². The Labute approximate surface area is 124 Å². The summed E-state index contributed by atoms with van der Waals surface area (Å²) >= 11 is 0. The van der Waals surface area contributed by atoms with E-state index in [1.165, 1.54) is 24.3 Å². The van der Waals surface area contributed by atoms with Crippen molar-refractivity contribution in [1.82, 2.24) is 0 Å². The third-order valence-electron chi connectivity index (χ3n) is 2.97. The van der Waals surface area contributed by atoms with Gasteiger partial charge in [-0.15, -0.1) is 9.24 Å². The zero-order chi connectivity index (χ0) is 15.4. The molecule has 1 aliphatic rings. The molecule has 108 valence electrons. The summed E-state index contributed by atoms with van der Waals surface area (Å²) in [5.74, 6) is -0.188. The summed E-state index contributed by atoms with van der Waals surface area (Å²) in [6.07, 6.45) is 3.63. The van der Waals surface area contributed by atoms with Gasteiger partial charge >= 0.3 is 0 Å². The number of rotatable bonds is 0. The van der Waals surface area contributed by atoms with Crippen molar-refractivity contribution in [1.29, 1.82) is 0 Å². The second-order valence-electron chi connectivity index (χ2n) is 4.51. The number of carbonyl (C=O) groups is 1. The lowest BCUT2D eigenvalue weighted by Crippen LogP contribution is -2.08. The molecule has 2 aromatic rings. The molecule has 2 unspecified atom stereocenters. The van der Waals surface area contributed by atoms with E-state index in [9.17, 15) is 9.90 Å². The molecule has 0 radical (unpaired) electrons. The minimum absolute atomic E-state index is 0.0481. The lowest BCUT2D eigenvalue weighted by atomic mass is 10.1. The van der Waals surface area contributed by atoms with Crippen molar-refractivity contribution in [2.45, 2.75) is 6.10 Å². The van der Waals surface area contributed by atoms with E-state index in [-0.39, 0.29) is 17.3 Å². The fourth-order valence-corrected chi connectivity index (χ4v) is 2.11. The van der Waals surface area contributed by atoms with Gasteiger partial charge in [-0.25, -0.2) is 0 Å². The lowest BCUT2D eigenvalue weighted by Gasteiger charge is -2.07.